The third-order valence-corrected chi connectivity index (χ3v) is 3.97. The molecule has 0 aliphatic carbocycles. The molecule has 1 atom stereocenters. The molecule has 3 amide bonds. The Morgan fingerprint density at radius 2 is 1.61 bits per heavy atom. The van der Waals surface area contributed by atoms with E-state index in [0.717, 1.165) is 11.1 Å². The molecule has 3 N–H and O–H groups in total. The number of benzene rings is 2. The van der Waals surface area contributed by atoms with Gasteiger partial charge in [-0.15, -0.1) is 0 Å². The van der Waals surface area contributed by atoms with Crippen molar-refractivity contribution < 1.29 is 9.59 Å². The Morgan fingerprint density at radius 3 is 2.09 bits per heavy atom. The van der Waals surface area contributed by atoms with E-state index in [9.17, 15) is 9.59 Å². The summed E-state index contributed by atoms with van der Waals surface area (Å²) in [6.45, 7) is 0.811. The summed E-state index contributed by atoms with van der Waals surface area (Å²) in [5.74, 6) is -0.0911. The van der Waals surface area contributed by atoms with Gasteiger partial charge in [-0.25, -0.2) is 4.79 Å². The largest absolute Gasteiger partial charge is 0.353 e. The van der Waals surface area contributed by atoms with Crippen LogP contribution in [-0.2, 0) is 4.79 Å². The van der Waals surface area contributed by atoms with Crippen molar-refractivity contribution in [3.63, 3.8) is 0 Å². The van der Waals surface area contributed by atoms with E-state index in [1.165, 1.54) is 0 Å². The second kappa shape index (κ2) is 6.96. The lowest BCUT2D eigenvalue weighted by Gasteiger charge is -2.20. The molecule has 5 nitrogen and oxygen atoms in total. The number of hydrogen-bond acceptors (Lipinski definition) is 2. The average Bonchev–Trinajstić information content (AvgIpc) is 3.03. The molecule has 5 heteroatoms. The number of urea groups is 1. The molecule has 3 rings (SSSR count). The van der Waals surface area contributed by atoms with Crippen LogP contribution in [0.4, 0.5) is 4.79 Å². The van der Waals surface area contributed by atoms with E-state index in [4.69, 9.17) is 0 Å². The van der Waals surface area contributed by atoms with Gasteiger partial charge in [0.1, 0.15) is 6.04 Å². The van der Waals surface area contributed by atoms with Crippen LogP contribution in [0, 0.1) is 0 Å². The van der Waals surface area contributed by atoms with Crippen molar-refractivity contribution in [2.45, 2.75) is 12.0 Å². The maximum atomic E-state index is 12.2. The number of hydrogen-bond donors (Lipinski definition) is 3. The monoisotopic (exact) mass is 309 g/mol. The molecule has 118 valence electrons. The van der Waals surface area contributed by atoms with Crippen molar-refractivity contribution in [3.8, 4) is 0 Å². The van der Waals surface area contributed by atoms with E-state index in [2.05, 4.69) is 40.2 Å². The maximum Gasteiger partial charge on any atom is 0.315 e. The second-order valence-electron chi connectivity index (χ2n) is 5.53. The minimum absolute atomic E-state index is 0.0754. The topological polar surface area (TPSA) is 70.2 Å². The van der Waals surface area contributed by atoms with E-state index in [1.54, 1.807) is 0 Å². The van der Waals surface area contributed by atoms with Crippen LogP contribution in [-0.4, -0.2) is 31.1 Å². The van der Waals surface area contributed by atoms with Crippen LogP contribution in [0.2, 0.25) is 0 Å². The third-order valence-electron chi connectivity index (χ3n) is 3.97. The number of nitrogens with one attached hydrogen (secondary N) is 3. The highest BCUT2D eigenvalue weighted by Crippen LogP contribution is 2.23. The molecular formula is C18H19N3O2. The quantitative estimate of drug-likeness (QED) is 0.785. The van der Waals surface area contributed by atoms with Crippen LogP contribution in [0.25, 0.3) is 0 Å². The van der Waals surface area contributed by atoms with Gasteiger partial charge in [0.15, 0.2) is 0 Å². The zero-order valence-corrected chi connectivity index (χ0v) is 12.7. The number of amides is 3. The summed E-state index contributed by atoms with van der Waals surface area (Å²) in [4.78, 5) is 23.3. The standard InChI is InChI=1S/C18H19N3O2/c22-17(16-12-20-18(23)21-16)19-11-15(13-7-3-1-4-8-13)14-9-5-2-6-10-14/h1-10,15-16H,11-12H2,(H,19,22)(H2,20,21,23). The minimum atomic E-state index is -0.505. The Bertz CT molecular complexity index is 634. The van der Waals surface area contributed by atoms with Gasteiger partial charge in [-0.05, 0) is 11.1 Å². The van der Waals surface area contributed by atoms with Gasteiger partial charge in [0.25, 0.3) is 0 Å². The van der Waals surface area contributed by atoms with Gasteiger partial charge in [0.05, 0.1) is 0 Å². The highest BCUT2D eigenvalue weighted by Gasteiger charge is 2.27. The maximum absolute atomic E-state index is 12.2. The van der Waals surface area contributed by atoms with E-state index >= 15 is 0 Å². The lowest BCUT2D eigenvalue weighted by Crippen LogP contribution is -2.44. The lowest BCUT2D eigenvalue weighted by atomic mass is 9.91. The fourth-order valence-electron chi connectivity index (χ4n) is 2.74. The Morgan fingerprint density at radius 1 is 1.04 bits per heavy atom. The second-order valence-corrected chi connectivity index (χ2v) is 5.53. The van der Waals surface area contributed by atoms with Crippen LogP contribution in [0.1, 0.15) is 17.0 Å². The van der Waals surface area contributed by atoms with Gasteiger partial charge in [-0.1, -0.05) is 60.7 Å². The summed E-state index contributed by atoms with van der Waals surface area (Å²) in [7, 11) is 0. The van der Waals surface area contributed by atoms with Crippen molar-refractivity contribution in [2.75, 3.05) is 13.1 Å². The van der Waals surface area contributed by atoms with Gasteiger partial charge < -0.3 is 16.0 Å². The van der Waals surface area contributed by atoms with Crippen LogP contribution in [0.3, 0.4) is 0 Å². The molecule has 1 heterocycles. The molecule has 2 aromatic carbocycles. The average molecular weight is 309 g/mol. The van der Waals surface area contributed by atoms with E-state index in [1.807, 2.05) is 36.4 Å². The molecule has 0 bridgehead atoms. The summed E-state index contributed by atoms with van der Waals surface area (Å²) >= 11 is 0. The minimum Gasteiger partial charge on any atom is -0.353 e. The fourth-order valence-corrected chi connectivity index (χ4v) is 2.74. The van der Waals surface area contributed by atoms with Crippen LogP contribution in [0.5, 0.6) is 0 Å². The SMILES string of the molecule is O=C1NCC(C(=O)NCC(c2ccccc2)c2ccccc2)N1. The highest BCUT2D eigenvalue weighted by molar-refractivity contribution is 5.90. The highest BCUT2D eigenvalue weighted by atomic mass is 16.2. The van der Waals surface area contributed by atoms with Crippen molar-refractivity contribution in [2.24, 2.45) is 0 Å². The van der Waals surface area contributed by atoms with Crippen molar-refractivity contribution >= 4 is 11.9 Å². The summed E-state index contributed by atoms with van der Waals surface area (Å²) in [6, 6.07) is 19.4. The first-order valence-electron chi connectivity index (χ1n) is 7.66. The zero-order valence-electron chi connectivity index (χ0n) is 12.7. The molecule has 1 aliphatic rings. The molecule has 1 saturated heterocycles. The van der Waals surface area contributed by atoms with Gasteiger partial charge in [-0.3, -0.25) is 4.79 Å². The molecule has 0 spiro atoms. The predicted octanol–water partition coefficient (Wildman–Crippen LogP) is 1.62. The van der Waals surface area contributed by atoms with Crippen LogP contribution < -0.4 is 16.0 Å². The van der Waals surface area contributed by atoms with Crippen molar-refractivity contribution in [3.05, 3.63) is 71.8 Å². The molecule has 1 unspecified atom stereocenters. The number of rotatable bonds is 5. The Hall–Kier alpha value is -2.82. The van der Waals surface area contributed by atoms with Crippen LogP contribution in [0.15, 0.2) is 60.7 Å². The molecule has 0 aromatic heterocycles. The fraction of sp³-hybridized carbons (Fsp3) is 0.222. The first-order valence-corrected chi connectivity index (χ1v) is 7.66. The molecule has 1 aliphatic heterocycles. The van der Waals surface area contributed by atoms with Gasteiger partial charge >= 0.3 is 6.03 Å². The molecule has 2 aromatic rings. The van der Waals surface area contributed by atoms with E-state index < -0.39 is 6.04 Å². The molecule has 23 heavy (non-hydrogen) atoms. The Balaban J connectivity index is 1.72. The normalized spacial score (nSPS) is 16.7. The van der Waals surface area contributed by atoms with E-state index in [-0.39, 0.29) is 17.9 Å². The summed E-state index contributed by atoms with van der Waals surface area (Å²) in [5.41, 5.74) is 2.29. The van der Waals surface area contributed by atoms with Gasteiger partial charge in [-0.2, -0.15) is 0 Å². The number of carbonyl (C=O) groups is 2. The van der Waals surface area contributed by atoms with Gasteiger partial charge in [0, 0.05) is 19.0 Å². The first kappa shape index (κ1) is 15.1. The predicted molar refractivity (Wildman–Crippen MR) is 88.1 cm³/mol. The molecule has 0 radical (unpaired) electrons. The molecule has 0 saturated carbocycles. The molecular weight excluding hydrogens is 290 g/mol. The number of carbonyl (C=O) groups excluding carboxylic acids is 2. The van der Waals surface area contributed by atoms with E-state index in [0.29, 0.717) is 13.1 Å². The van der Waals surface area contributed by atoms with Gasteiger partial charge in [0.2, 0.25) is 5.91 Å². The summed E-state index contributed by atoms with van der Waals surface area (Å²) < 4.78 is 0. The summed E-state index contributed by atoms with van der Waals surface area (Å²) in [5, 5.41) is 8.13. The van der Waals surface area contributed by atoms with Crippen LogP contribution >= 0.6 is 0 Å². The Kier molecular flexibility index (Phi) is 4.57. The Labute approximate surface area is 135 Å². The van der Waals surface area contributed by atoms with Crippen molar-refractivity contribution in [1.29, 1.82) is 0 Å². The zero-order chi connectivity index (χ0) is 16.1. The lowest BCUT2D eigenvalue weighted by molar-refractivity contribution is -0.122. The third kappa shape index (κ3) is 3.69. The first-order chi connectivity index (χ1) is 11.2. The summed E-state index contributed by atoms with van der Waals surface area (Å²) in [6.07, 6.45) is 0. The molecule has 1 fully saturated rings. The smallest absolute Gasteiger partial charge is 0.315 e. The van der Waals surface area contributed by atoms with Crippen molar-refractivity contribution in [1.82, 2.24) is 16.0 Å².